The lowest BCUT2D eigenvalue weighted by Gasteiger charge is -2.67. The summed E-state index contributed by atoms with van der Waals surface area (Å²) in [5, 5.41) is 0. The van der Waals surface area contributed by atoms with Gasteiger partial charge in [0.2, 0.25) is 0 Å². The quantitative estimate of drug-likeness (QED) is 0.313. The molecule has 1 aromatic heterocycles. The Hall–Kier alpha value is -4.24. The fraction of sp³-hybridized carbons (Fsp3) is 0.233. The van der Waals surface area contributed by atoms with E-state index in [4.69, 9.17) is 4.74 Å². The monoisotopic (exact) mass is 530 g/mol. The maximum atomic E-state index is 15.4. The van der Waals surface area contributed by atoms with Gasteiger partial charge < -0.3 is 9.64 Å². The minimum absolute atomic E-state index is 0.0645. The molecule has 198 valence electrons. The molecule has 0 N–H and O–H groups in total. The van der Waals surface area contributed by atoms with Gasteiger partial charge in [-0.1, -0.05) is 60.7 Å². The Morgan fingerprint density at radius 1 is 0.897 bits per heavy atom. The van der Waals surface area contributed by atoms with Crippen molar-refractivity contribution < 1.29 is 22.7 Å². The summed E-state index contributed by atoms with van der Waals surface area (Å²) in [4.78, 5) is 24.6. The maximum absolute atomic E-state index is 15.4. The van der Waals surface area contributed by atoms with Gasteiger partial charge in [0.15, 0.2) is 11.5 Å². The molecule has 1 spiro atoms. The molecule has 2 aliphatic heterocycles. The molecular formula is C30H25F3N4O2. The van der Waals surface area contributed by atoms with Gasteiger partial charge in [-0.15, -0.1) is 0 Å². The Morgan fingerprint density at radius 3 is 2.03 bits per heavy atom. The van der Waals surface area contributed by atoms with Gasteiger partial charge >= 0.3 is 5.97 Å². The minimum atomic E-state index is -2.97. The van der Waals surface area contributed by atoms with Crippen LogP contribution in [0.25, 0.3) is 11.3 Å². The van der Waals surface area contributed by atoms with Crippen molar-refractivity contribution >= 4 is 11.8 Å². The van der Waals surface area contributed by atoms with Crippen LogP contribution in [0.5, 0.6) is 0 Å². The van der Waals surface area contributed by atoms with Crippen molar-refractivity contribution in [2.45, 2.75) is 17.5 Å². The van der Waals surface area contributed by atoms with E-state index in [0.29, 0.717) is 5.56 Å². The highest BCUT2D eigenvalue weighted by Gasteiger charge is 2.73. The van der Waals surface area contributed by atoms with E-state index in [9.17, 15) is 9.18 Å². The molecule has 0 radical (unpaired) electrons. The molecule has 0 bridgehead atoms. The van der Waals surface area contributed by atoms with Crippen LogP contribution in [-0.2, 0) is 4.74 Å². The number of carbonyl (C=O) groups excluding carboxylic acids is 1. The van der Waals surface area contributed by atoms with Gasteiger partial charge in [0.1, 0.15) is 17.1 Å². The number of aromatic nitrogens is 2. The van der Waals surface area contributed by atoms with Crippen molar-refractivity contribution in [2.24, 2.45) is 0 Å². The number of carbonyl (C=O) groups is 1. The molecule has 2 aliphatic rings. The van der Waals surface area contributed by atoms with Crippen molar-refractivity contribution in [1.82, 2.24) is 14.9 Å². The summed E-state index contributed by atoms with van der Waals surface area (Å²) in [5.41, 5.74) is 1.14. The third-order valence-corrected chi connectivity index (χ3v) is 7.60. The van der Waals surface area contributed by atoms with Gasteiger partial charge in [-0.25, -0.2) is 27.9 Å². The average molecular weight is 531 g/mol. The number of anilines is 1. The van der Waals surface area contributed by atoms with Crippen molar-refractivity contribution in [2.75, 3.05) is 31.6 Å². The average Bonchev–Trinajstić information content (AvgIpc) is 2.94. The summed E-state index contributed by atoms with van der Waals surface area (Å²) in [5.74, 6) is -3.91. The lowest BCUT2D eigenvalue weighted by atomic mass is 9.72. The molecule has 6 nitrogen and oxygen atoms in total. The van der Waals surface area contributed by atoms with Gasteiger partial charge in [-0.05, 0) is 35.4 Å². The number of alkyl halides is 2. The highest BCUT2D eigenvalue weighted by atomic mass is 19.3. The Morgan fingerprint density at radius 2 is 1.49 bits per heavy atom. The summed E-state index contributed by atoms with van der Waals surface area (Å²) < 4.78 is 49.3. The second kappa shape index (κ2) is 9.50. The molecule has 3 aromatic carbocycles. The highest BCUT2D eigenvalue weighted by Crippen LogP contribution is 2.55. The third kappa shape index (κ3) is 4.13. The van der Waals surface area contributed by atoms with Crippen LogP contribution >= 0.6 is 0 Å². The number of benzene rings is 3. The number of esters is 1. The van der Waals surface area contributed by atoms with E-state index in [1.165, 1.54) is 37.6 Å². The van der Waals surface area contributed by atoms with Gasteiger partial charge in [0, 0.05) is 18.7 Å². The van der Waals surface area contributed by atoms with Crippen molar-refractivity contribution in [3.63, 3.8) is 0 Å². The predicted molar refractivity (Wildman–Crippen MR) is 140 cm³/mol. The van der Waals surface area contributed by atoms with E-state index in [1.54, 1.807) is 4.90 Å². The Labute approximate surface area is 223 Å². The Kier molecular flexibility index (Phi) is 6.10. The SMILES string of the molecule is COC(=O)c1cnc(N2CC(F)(F)C23CN(C(c2ccccc2)c2ccccc2)C3)c(-c2ccc(F)cc2)n1. The molecule has 0 amide bonds. The molecular weight excluding hydrogens is 505 g/mol. The first-order valence-corrected chi connectivity index (χ1v) is 12.5. The molecule has 39 heavy (non-hydrogen) atoms. The summed E-state index contributed by atoms with van der Waals surface area (Å²) in [7, 11) is 1.22. The number of rotatable bonds is 6. The molecule has 6 rings (SSSR count). The second-order valence-corrected chi connectivity index (χ2v) is 9.88. The topological polar surface area (TPSA) is 58.6 Å². The molecule has 0 atom stereocenters. The lowest BCUT2D eigenvalue weighted by molar-refractivity contribution is -0.190. The van der Waals surface area contributed by atoms with Crippen LogP contribution in [0.3, 0.4) is 0 Å². The van der Waals surface area contributed by atoms with E-state index < -0.39 is 29.8 Å². The molecule has 0 saturated carbocycles. The van der Waals surface area contributed by atoms with Crippen LogP contribution in [0.4, 0.5) is 19.0 Å². The highest BCUT2D eigenvalue weighted by molar-refractivity contribution is 5.88. The maximum Gasteiger partial charge on any atom is 0.358 e. The summed E-state index contributed by atoms with van der Waals surface area (Å²) in [6.45, 7) is -0.349. The number of ether oxygens (including phenoxy) is 1. The van der Waals surface area contributed by atoms with Gasteiger partial charge in [-0.3, -0.25) is 4.90 Å². The number of likely N-dealkylation sites (tertiary alicyclic amines) is 1. The van der Waals surface area contributed by atoms with E-state index in [2.05, 4.69) is 9.97 Å². The molecule has 3 heterocycles. The van der Waals surface area contributed by atoms with Gasteiger partial charge in [0.05, 0.1) is 25.9 Å². The third-order valence-electron chi connectivity index (χ3n) is 7.60. The van der Waals surface area contributed by atoms with Gasteiger partial charge in [0.25, 0.3) is 5.92 Å². The van der Waals surface area contributed by atoms with Gasteiger partial charge in [-0.2, -0.15) is 0 Å². The fourth-order valence-electron chi connectivity index (χ4n) is 5.56. The number of hydrogen-bond acceptors (Lipinski definition) is 6. The molecule has 0 aliphatic carbocycles. The van der Waals surface area contributed by atoms with Crippen LogP contribution < -0.4 is 4.90 Å². The van der Waals surface area contributed by atoms with E-state index >= 15 is 8.78 Å². The molecule has 9 heteroatoms. The number of hydrogen-bond donors (Lipinski definition) is 0. The van der Waals surface area contributed by atoms with Crippen molar-refractivity contribution in [3.05, 3.63) is 114 Å². The summed E-state index contributed by atoms with van der Waals surface area (Å²) >= 11 is 0. The lowest BCUT2D eigenvalue weighted by Crippen LogP contribution is -2.88. The van der Waals surface area contributed by atoms with E-state index in [-0.39, 0.29) is 36.3 Å². The number of nitrogens with zero attached hydrogens (tertiary/aromatic N) is 4. The standard InChI is InChI=1S/C30H25F3N4O2/c1-39-28(38)24-16-34-27(25(35-24)20-12-14-23(31)15-13-20)37-19-30(32,33)29(37)17-36(18-29)26(21-8-4-2-5-9-21)22-10-6-3-7-11-22/h2-16,26H,17-19H2,1H3. The number of methoxy groups -OCH3 is 1. The van der Waals surface area contributed by atoms with Crippen molar-refractivity contribution in [1.29, 1.82) is 0 Å². The first-order chi connectivity index (χ1) is 18.8. The smallest absolute Gasteiger partial charge is 0.358 e. The zero-order chi connectivity index (χ0) is 27.2. The normalized spacial score (nSPS) is 17.5. The van der Waals surface area contributed by atoms with Crippen LogP contribution in [0.2, 0.25) is 0 Å². The molecule has 4 aromatic rings. The van der Waals surface area contributed by atoms with Crippen molar-refractivity contribution in [3.8, 4) is 11.3 Å². The van der Waals surface area contributed by atoms with E-state index in [1.807, 2.05) is 65.6 Å². The minimum Gasteiger partial charge on any atom is -0.464 e. The van der Waals surface area contributed by atoms with E-state index in [0.717, 1.165) is 11.1 Å². The molecule has 2 saturated heterocycles. The van der Waals surface area contributed by atoms with Crippen LogP contribution in [-0.4, -0.2) is 59.0 Å². The summed E-state index contributed by atoms with van der Waals surface area (Å²) in [6, 6.07) is 24.9. The Balaban J connectivity index is 1.37. The first-order valence-electron chi connectivity index (χ1n) is 12.5. The van der Waals surface area contributed by atoms with Crippen LogP contribution in [0, 0.1) is 5.82 Å². The Bertz CT molecular complexity index is 1450. The summed E-state index contributed by atoms with van der Waals surface area (Å²) in [6.07, 6.45) is 1.23. The zero-order valence-electron chi connectivity index (χ0n) is 21.1. The largest absolute Gasteiger partial charge is 0.464 e. The fourth-order valence-corrected chi connectivity index (χ4v) is 5.56. The molecule has 2 fully saturated rings. The second-order valence-electron chi connectivity index (χ2n) is 9.88. The first kappa shape index (κ1) is 25.1. The zero-order valence-corrected chi connectivity index (χ0v) is 21.1. The van der Waals surface area contributed by atoms with Crippen LogP contribution in [0.15, 0.2) is 91.1 Å². The molecule has 0 unspecified atom stereocenters. The predicted octanol–water partition coefficient (Wildman–Crippen LogP) is 5.37. The number of halogens is 3. The van der Waals surface area contributed by atoms with Crippen LogP contribution in [0.1, 0.15) is 27.7 Å².